The third kappa shape index (κ3) is 5.69. The summed E-state index contributed by atoms with van der Waals surface area (Å²) in [4.78, 5) is 17.0. The first-order valence-electron chi connectivity index (χ1n) is 8.31. The number of thioether (sulfide) groups is 1. The number of hydrogen-bond acceptors (Lipinski definition) is 3. The van der Waals surface area contributed by atoms with Crippen LogP contribution in [-0.4, -0.2) is 21.7 Å². The third-order valence-electron chi connectivity index (χ3n) is 3.67. The lowest BCUT2D eigenvalue weighted by atomic mass is 10.2. The van der Waals surface area contributed by atoms with Crippen LogP contribution in [-0.2, 0) is 11.3 Å². The van der Waals surface area contributed by atoms with E-state index >= 15 is 0 Å². The summed E-state index contributed by atoms with van der Waals surface area (Å²) in [5.74, 6) is -4.81. The van der Waals surface area contributed by atoms with Gasteiger partial charge in [-0.15, -0.1) is 6.58 Å². The van der Waals surface area contributed by atoms with Gasteiger partial charge in [0.1, 0.15) is 5.82 Å². The Kier molecular flexibility index (Phi) is 7.80. The molecule has 0 saturated carbocycles. The van der Waals surface area contributed by atoms with Crippen molar-refractivity contribution >= 4 is 29.0 Å². The SMILES string of the molecule is C=CCC(C)SC(=Nc1cccc(F)c1)N(C=O)Cc1ccc(F)c(F)c1F. The first-order chi connectivity index (χ1) is 13.3. The van der Waals surface area contributed by atoms with E-state index in [2.05, 4.69) is 11.6 Å². The standard InChI is InChI=1S/C20H18F4N2OS/c1-3-5-13(2)28-20(25-16-7-4-6-15(21)10-16)26(12-27)11-14-8-9-17(22)19(24)18(14)23/h3-4,6-10,12-13H,1,5,11H2,2H3. The van der Waals surface area contributed by atoms with Crippen molar-refractivity contribution in [1.29, 1.82) is 0 Å². The Hall–Kier alpha value is -2.61. The second kappa shape index (κ2) is 10.1. The fourth-order valence-electron chi connectivity index (χ4n) is 2.30. The van der Waals surface area contributed by atoms with E-state index in [4.69, 9.17) is 0 Å². The van der Waals surface area contributed by atoms with Crippen molar-refractivity contribution in [2.24, 2.45) is 4.99 Å². The van der Waals surface area contributed by atoms with Gasteiger partial charge in [-0.3, -0.25) is 9.69 Å². The van der Waals surface area contributed by atoms with Crippen molar-refractivity contribution < 1.29 is 22.4 Å². The average molecular weight is 410 g/mol. The van der Waals surface area contributed by atoms with Crippen LogP contribution in [0, 0.1) is 23.3 Å². The molecule has 0 fully saturated rings. The molecule has 0 saturated heterocycles. The maximum atomic E-state index is 14.0. The van der Waals surface area contributed by atoms with Gasteiger partial charge in [-0.05, 0) is 30.7 Å². The van der Waals surface area contributed by atoms with Gasteiger partial charge in [-0.2, -0.15) is 0 Å². The molecule has 0 radical (unpaired) electrons. The van der Waals surface area contributed by atoms with Gasteiger partial charge in [0.05, 0.1) is 12.2 Å². The van der Waals surface area contributed by atoms with Crippen LogP contribution in [0.2, 0.25) is 0 Å². The fraction of sp³-hybridized carbons (Fsp3) is 0.200. The molecule has 0 N–H and O–H groups in total. The summed E-state index contributed by atoms with van der Waals surface area (Å²) in [6.07, 6.45) is 2.70. The smallest absolute Gasteiger partial charge is 0.216 e. The van der Waals surface area contributed by atoms with Crippen molar-refractivity contribution in [3.05, 3.63) is 77.9 Å². The van der Waals surface area contributed by atoms with Crippen LogP contribution in [0.15, 0.2) is 54.0 Å². The minimum absolute atomic E-state index is 0.0398. The van der Waals surface area contributed by atoms with Gasteiger partial charge in [-0.1, -0.05) is 36.9 Å². The average Bonchev–Trinajstić information content (AvgIpc) is 2.65. The van der Waals surface area contributed by atoms with E-state index in [1.54, 1.807) is 12.1 Å². The van der Waals surface area contributed by atoms with Crippen LogP contribution in [0.5, 0.6) is 0 Å². The maximum Gasteiger partial charge on any atom is 0.216 e. The molecule has 0 spiro atoms. The van der Waals surface area contributed by atoms with E-state index in [9.17, 15) is 22.4 Å². The topological polar surface area (TPSA) is 32.7 Å². The van der Waals surface area contributed by atoms with Crippen LogP contribution in [0.25, 0.3) is 0 Å². The molecular formula is C20H18F4N2OS. The molecule has 2 rings (SSSR count). The Balaban J connectivity index is 2.40. The number of nitrogens with zero attached hydrogens (tertiary/aromatic N) is 2. The summed E-state index contributed by atoms with van der Waals surface area (Å²) in [5, 5.41) is 0.126. The lowest BCUT2D eigenvalue weighted by Gasteiger charge is -2.22. The monoisotopic (exact) mass is 410 g/mol. The quantitative estimate of drug-likeness (QED) is 0.149. The molecule has 0 aliphatic carbocycles. The summed E-state index contributed by atoms with van der Waals surface area (Å²) in [6, 6.07) is 7.28. The van der Waals surface area contributed by atoms with E-state index in [-0.39, 0.29) is 28.2 Å². The Labute approximate surface area is 164 Å². The molecule has 1 unspecified atom stereocenters. The largest absolute Gasteiger partial charge is 0.289 e. The van der Waals surface area contributed by atoms with E-state index in [1.165, 1.54) is 30.0 Å². The molecule has 2 aromatic carbocycles. The normalized spacial score (nSPS) is 12.5. The van der Waals surface area contributed by atoms with Gasteiger partial charge in [-0.25, -0.2) is 22.6 Å². The number of allylic oxidation sites excluding steroid dienone is 1. The first-order valence-corrected chi connectivity index (χ1v) is 9.19. The van der Waals surface area contributed by atoms with Gasteiger partial charge in [0, 0.05) is 10.8 Å². The first kappa shape index (κ1) is 21.7. The number of halogens is 4. The molecule has 0 heterocycles. The van der Waals surface area contributed by atoms with Gasteiger partial charge in [0.15, 0.2) is 22.6 Å². The molecule has 2 aromatic rings. The summed E-state index contributed by atoms with van der Waals surface area (Å²) in [6.45, 7) is 5.16. The highest BCUT2D eigenvalue weighted by molar-refractivity contribution is 8.14. The van der Waals surface area contributed by atoms with E-state index in [0.717, 1.165) is 17.0 Å². The van der Waals surface area contributed by atoms with Gasteiger partial charge in [0.25, 0.3) is 0 Å². The Morgan fingerprint density at radius 2 is 1.96 bits per heavy atom. The van der Waals surface area contributed by atoms with Crippen LogP contribution in [0.4, 0.5) is 23.2 Å². The highest BCUT2D eigenvalue weighted by Crippen LogP contribution is 2.25. The zero-order valence-corrected chi connectivity index (χ0v) is 15.9. The van der Waals surface area contributed by atoms with E-state index < -0.39 is 23.3 Å². The number of aliphatic imine (C=N–C) groups is 1. The van der Waals surface area contributed by atoms with Gasteiger partial charge in [0.2, 0.25) is 6.41 Å². The molecule has 0 bridgehead atoms. The molecule has 28 heavy (non-hydrogen) atoms. The summed E-state index contributed by atoms with van der Waals surface area (Å²) < 4.78 is 54.1. The molecule has 3 nitrogen and oxygen atoms in total. The number of carbonyl (C=O) groups is 1. The summed E-state index contributed by atoms with van der Waals surface area (Å²) in [7, 11) is 0. The minimum atomic E-state index is -1.61. The van der Waals surface area contributed by atoms with Crippen molar-refractivity contribution in [3.63, 3.8) is 0 Å². The second-order valence-electron chi connectivity index (χ2n) is 5.89. The molecule has 8 heteroatoms. The van der Waals surface area contributed by atoms with E-state index in [1.807, 2.05) is 6.92 Å². The fourth-order valence-corrected chi connectivity index (χ4v) is 3.29. The Bertz CT molecular complexity index is 889. The minimum Gasteiger partial charge on any atom is -0.289 e. The highest BCUT2D eigenvalue weighted by atomic mass is 32.2. The predicted molar refractivity (Wildman–Crippen MR) is 103 cm³/mol. The Morgan fingerprint density at radius 3 is 2.61 bits per heavy atom. The van der Waals surface area contributed by atoms with Crippen LogP contribution < -0.4 is 0 Å². The molecule has 0 aromatic heterocycles. The molecule has 0 aliphatic rings. The van der Waals surface area contributed by atoms with E-state index in [0.29, 0.717) is 12.8 Å². The molecule has 1 amide bonds. The number of amides is 1. The number of benzene rings is 2. The number of carbonyl (C=O) groups excluding carboxylic acids is 1. The lowest BCUT2D eigenvalue weighted by Crippen LogP contribution is -2.28. The van der Waals surface area contributed by atoms with Crippen molar-refractivity contribution in [2.45, 2.75) is 25.1 Å². The lowest BCUT2D eigenvalue weighted by molar-refractivity contribution is -0.115. The Morgan fingerprint density at radius 1 is 1.21 bits per heavy atom. The second-order valence-corrected chi connectivity index (χ2v) is 7.30. The number of rotatable bonds is 7. The van der Waals surface area contributed by atoms with Crippen LogP contribution in [0.3, 0.4) is 0 Å². The van der Waals surface area contributed by atoms with Gasteiger partial charge >= 0.3 is 0 Å². The predicted octanol–water partition coefficient (Wildman–Crippen LogP) is 5.59. The van der Waals surface area contributed by atoms with Gasteiger partial charge < -0.3 is 0 Å². The number of amidine groups is 1. The van der Waals surface area contributed by atoms with Crippen LogP contribution >= 0.6 is 11.8 Å². The summed E-state index contributed by atoms with van der Waals surface area (Å²) in [5.41, 5.74) is 0.0424. The molecule has 148 valence electrons. The highest BCUT2D eigenvalue weighted by Gasteiger charge is 2.20. The van der Waals surface area contributed by atoms with Crippen LogP contribution in [0.1, 0.15) is 18.9 Å². The zero-order chi connectivity index (χ0) is 20.7. The van der Waals surface area contributed by atoms with Crippen molar-refractivity contribution in [2.75, 3.05) is 0 Å². The zero-order valence-electron chi connectivity index (χ0n) is 15.0. The maximum absolute atomic E-state index is 14.0. The van der Waals surface area contributed by atoms with Crippen molar-refractivity contribution in [3.8, 4) is 0 Å². The summed E-state index contributed by atoms with van der Waals surface area (Å²) >= 11 is 1.20. The van der Waals surface area contributed by atoms with Crippen molar-refractivity contribution in [1.82, 2.24) is 4.90 Å². The number of hydrogen-bond donors (Lipinski definition) is 0. The molecule has 0 aliphatic heterocycles. The third-order valence-corrected chi connectivity index (χ3v) is 4.80. The molecular weight excluding hydrogens is 392 g/mol. The molecule has 1 atom stereocenters.